The van der Waals surface area contributed by atoms with E-state index in [1.165, 1.54) is 17.3 Å². The SMILES string of the molecule is C=C/C=C\C(=C/C)N1N=C(C(=O)O)/C(=C/C=C/c2ccc3c(c2)CCCN3c2ccc(NC)cc2)C1=O. The third-order valence-electron chi connectivity index (χ3n) is 6.27. The molecule has 188 valence electrons. The van der Waals surface area contributed by atoms with Gasteiger partial charge in [-0.3, -0.25) is 4.79 Å². The fourth-order valence-electron chi connectivity index (χ4n) is 4.41. The molecule has 0 saturated heterocycles. The van der Waals surface area contributed by atoms with Crippen molar-refractivity contribution in [3.05, 3.63) is 108 Å². The lowest BCUT2D eigenvalue weighted by Crippen LogP contribution is -2.24. The van der Waals surface area contributed by atoms with E-state index in [0.717, 1.165) is 41.3 Å². The molecule has 7 nitrogen and oxygen atoms in total. The van der Waals surface area contributed by atoms with Gasteiger partial charge in [-0.05, 0) is 79.4 Å². The Bertz CT molecular complexity index is 1360. The number of nitrogens with zero attached hydrogens (tertiary/aromatic N) is 3. The standard InChI is InChI=1S/C30H30N4O3/c1-4-6-11-24(5-2)34-29(35)26(28(32-34)30(36)37)12-7-9-21-13-18-27-22(20-21)10-8-19-33(27)25-16-14-23(31-3)15-17-25/h4-7,9,11-18,20,31H,1,8,10,19H2,2-3H3,(H,36,37)/b9-7+,11-6-,24-5+,26-12-. The summed E-state index contributed by atoms with van der Waals surface area (Å²) in [4.78, 5) is 27.1. The summed E-state index contributed by atoms with van der Waals surface area (Å²) >= 11 is 0. The van der Waals surface area contributed by atoms with Crippen molar-refractivity contribution in [2.45, 2.75) is 19.8 Å². The molecule has 0 atom stereocenters. The zero-order chi connectivity index (χ0) is 26.4. The van der Waals surface area contributed by atoms with Crippen molar-refractivity contribution in [1.82, 2.24) is 5.01 Å². The van der Waals surface area contributed by atoms with Gasteiger partial charge in [0, 0.05) is 30.7 Å². The molecule has 37 heavy (non-hydrogen) atoms. The van der Waals surface area contributed by atoms with Gasteiger partial charge in [-0.15, -0.1) is 0 Å². The van der Waals surface area contributed by atoms with Crippen molar-refractivity contribution in [1.29, 1.82) is 0 Å². The number of hydrogen-bond donors (Lipinski definition) is 2. The summed E-state index contributed by atoms with van der Waals surface area (Å²) in [6.07, 6.45) is 13.7. The third-order valence-corrected chi connectivity index (χ3v) is 6.27. The molecule has 0 bridgehead atoms. The van der Waals surface area contributed by atoms with Crippen molar-refractivity contribution in [3.8, 4) is 0 Å². The van der Waals surface area contributed by atoms with E-state index in [1.807, 2.05) is 19.2 Å². The topological polar surface area (TPSA) is 85.2 Å². The van der Waals surface area contributed by atoms with Crippen LogP contribution < -0.4 is 10.2 Å². The highest BCUT2D eigenvalue weighted by atomic mass is 16.4. The van der Waals surface area contributed by atoms with E-state index in [-0.39, 0.29) is 11.3 Å². The molecule has 2 aromatic rings. The highest BCUT2D eigenvalue weighted by Gasteiger charge is 2.34. The average molecular weight is 495 g/mol. The molecule has 1 amide bonds. The second-order valence-corrected chi connectivity index (χ2v) is 8.56. The van der Waals surface area contributed by atoms with Crippen LogP contribution in [-0.4, -0.2) is 41.3 Å². The zero-order valence-electron chi connectivity index (χ0n) is 21.0. The molecule has 7 heteroatoms. The highest BCUT2D eigenvalue weighted by molar-refractivity contribution is 6.50. The number of fused-ring (bicyclic) bond motifs is 1. The van der Waals surface area contributed by atoms with Crippen LogP contribution in [0.25, 0.3) is 6.08 Å². The van der Waals surface area contributed by atoms with Gasteiger partial charge >= 0.3 is 5.97 Å². The molecule has 2 aliphatic rings. The first-order valence-electron chi connectivity index (χ1n) is 12.2. The van der Waals surface area contributed by atoms with Gasteiger partial charge in [-0.25, -0.2) is 4.79 Å². The van der Waals surface area contributed by atoms with Gasteiger partial charge in [0.05, 0.1) is 11.3 Å². The Morgan fingerprint density at radius 1 is 1.16 bits per heavy atom. The molecule has 0 fully saturated rings. The van der Waals surface area contributed by atoms with Crippen LogP contribution in [0.4, 0.5) is 17.1 Å². The number of carboxylic acids is 1. The lowest BCUT2D eigenvalue weighted by Gasteiger charge is -2.31. The molecule has 4 rings (SSSR count). The van der Waals surface area contributed by atoms with Crippen molar-refractivity contribution < 1.29 is 14.7 Å². The number of aryl methyl sites for hydroxylation is 1. The van der Waals surface area contributed by atoms with E-state index in [1.54, 1.807) is 37.3 Å². The Hall–Kier alpha value is -4.65. The number of amides is 1. The van der Waals surface area contributed by atoms with E-state index in [2.05, 4.69) is 58.3 Å². The first-order chi connectivity index (χ1) is 18.0. The van der Waals surface area contributed by atoms with Gasteiger partial charge in [0.25, 0.3) is 5.91 Å². The Balaban J connectivity index is 1.56. The van der Waals surface area contributed by atoms with Gasteiger partial charge < -0.3 is 15.3 Å². The van der Waals surface area contributed by atoms with Crippen LogP contribution in [0.2, 0.25) is 0 Å². The van der Waals surface area contributed by atoms with Crippen LogP contribution in [0, 0.1) is 0 Å². The van der Waals surface area contributed by atoms with Crippen LogP contribution in [0.1, 0.15) is 24.5 Å². The first kappa shape index (κ1) is 25.4. The lowest BCUT2D eigenvalue weighted by atomic mass is 9.98. The predicted octanol–water partition coefficient (Wildman–Crippen LogP) is 5.68. The Morgan fingerprint density at radius 2 is 1.95 bits per heavy atom. The summed E-state index contributed by atoms with van der Waals surface area (Å²) in [6.45, 7) is 6.33. The summed E-state index contributed by atoms with van der Waals surface area (Å²) < 4.78 is 0. The number of rotatable bonds is 8. The van der Waals surface area contributed by atoms with Crippen molar-refractivity contribution in [3.63, 3.8) is 0 Å². The molecule has 0 radical (unpaired) electrons. The predicted molar refractivity (Wildman–Crippen MR) is 150 cm³/mol. The minimum absolute atomic E-state index is 0.0317. The summed E-state index contributed by atoms with van der Waals surface area (Å²) in [6, 6.07) is 14.7. The second kappa shape index (κ2) is 11.4. The molecular formula is C30H30N4O3. The maximum absolute atomic E-state index is 13.0. The number of nitrogens with one attached hydrogen (secondary N) is 1. The quantitative estimate of drug-likeness (QED) is 0.364. The number of hydrazone groups is 1. The van der Waals surface area contributed by atoms with Gasteiger partial charge in [0.15, 0.2) is 5.71 Å². The third kappa shape index (κ3) is 5.46. The number of aliphatic carboxylic acids is 1. The molecule has 2 aromatic carbocycles. The molecule has 0 spiro atoms. The summed E-state index contributed by atoms with van der Waals surface area (Å²) in [5.41, 5.74) is 5.86. The number of hydrogen-bond acceptors (Lipinski definition) is 5. The van der Waals surface area contributed by atoms with Gasteiger partial charge in [-0.1, -0.05) is 43.0 Å². The molecule has 2 aliphatic heterocycles. The number of carbonyl (C=O) groups is 2. The van der Waals surface area contributed by atoms with Crippen molar-refractivity contribution >= 4 is 40.7 Å². The number of carbonyl (C=O) groups excluding carboxylic acids is 1. The molecule has 0 aliphatic carbocycles. The summed E-state index contributed by atoms with van der Waals surface area (Å²) in [7, 11) is 1.91. The molecule has 2 heterocycles. The fourth-order valence-corrected chi connectivity index (χ4v) is 4.41. The fraction of sp³-hybridized carbons (Fsp3) is 0.167. The second-order valence-electron chi connectivity index (χ2n) is 8.56. The smallest absolute Gasteiger partial charge is 0.357 e. The van der Waals surface area contributed by atoms with E-state index in [9.17, 15) is 14.7 Å². The number of allylic oxidation sites excluding steroid dienone is 6. The van der Waals surface area contributed by atoms with E-state index in [4.69, 9.17) is 0 Å². The van der Waals surface area contributed by atoms with Crippen LogP contribution in [0.5, 0.6) is 0 Å². The molecule has 0 saturated carbocycles. The van der Waals surface area contributed by atoms with Crippen LogP contribution in [0.3, 0.4) is 0 Å². The molecular weight excluding hydrogens is 464 g/mol. The number of benzene rings is 2. The first-order valence-corrected chi connectivity index (χ1v) is 12.2. The molecule has 2 N–H and O–H groups in total. The normalized spacial score (nSPS) is 17.0. The lowest BCUT2D eigenvalue weighted by molar-refractivity contribution is -0.129. The molecule has 0 aromatic heterocycles. The Kier molecular flexibility index (Phi) is 7.83. The van der Waals surface area contributed by atoms with E-state index < -0.39 is 11.9 Å². The van der Waals surface area contributed by atoms with Crippen molar-refractivity contribution in [2.24, 2.45) is 5.10 Å². The average Bonchev–Trinajstić information content (AvgIpc) is 3.25. The number of anilines is 3. The Labute approximate surface area is 217 Å². The Morgan fingerprint density at radius 3 is 2.62 bits per heavy atom. The minimum atomic E-state index is -1.25. The van der Waals surface area contributed by atoms with Gasteiger partial charge in [0.2, 0.25) is 0 Å². The van der Waals surface area contributed by atoms with Crippen LogP contribution in [0.15, 0.2) is 102 Å². The minimum Gasteiger partial charge on any atom is -0.476 e. The maximum Gasteiger partial charge on any atom is 0.357 e. The highest BCUT2D eigenvalue weighted by Crippen LogP contribution is 2.34. The maximum atomic E-state index is 13.0. The largest absolute Gasteiger partial charge is 0.476 e. The van der Waals surface area contributed by atoms with E-state index in [0.29, 0.717) is 5.70 Å². The van der Waals surface area contributed by atoms with E-state index >= 15 is 0 Å². The van der Waals surface area contributed by atoms with Crippen molar-refractivity contribution in [2.75, 3.05) is 23.8 Å². The van der Waals surface area contributed by atoms with Crippen LogP contribution in [-0.2, 0) is 16.0 Å². The van der Waals surface area contributed by atoms with Gasteiger partial charge in [0.1, 0.15) is 0 Å². The monoisotopic (exact) mass is 494 g/mol. The summed E-state index contributed by atoms with van der Waals surface area (Å²) in [5, 5.41) is 17.9. The molecule has 0 unspecified atom stereocenters. The summed E-state index contributed by atoms with van der Waals surface area (Å²) in [5.74, 6) is -1.75. The van der Waals surface area contributed by atoms with Gasteiger partial charge in [-0.2, -0.15) is 10.1 Å². The van der Waals surface area contributed by atoms with Crippen LogP contribution >= 0.6 is 0 Å². The zero-order valence-corrected chi connectivity index (χ0v) is 21.0. The number of carboxylic acid groups (broad SMARTS) is 1.